The Morgan fingerprint density at radius 2 is 1.50 bits per heavy atom. The molecule has 5 nitrogen and oxygen atoms in total. The summed E-state index contributed by atoms with van der Waals surface area (Å²) in [6, 6.07) is 4.60. The average Bonchev–Trinajstić information content (AvgIpc) is 2.83. The van der Waals surface area contributed by atoms with E-state index in [1.54, 1.807) is 0 Å². The first-order valence-electron chi connectivity index (χ1n) is 7.41. The van der Waals surface area contributed by atoms with Gasteiger partial charge in [0.2, 0.25) is 0 Å². The number of fused-ring (bicyclic) bond motifs is 1. The van der Waals surface area contributed by atoms with Crippen molar-refractivity contribution in [2.75, 3.05) is 12.4 Å². The van der Waals surface area contributed by atoms with Gasteiger partial charge in [-0.2, -0.15) is 34.8 Å². The summed E-state index contributed by atoms with van der Waals surface area (Å²) in [4.78, 5) is -0.251. The number of sulfonamides is 1. The highest BCUT2D eigenvalue weighted by Crippen LogP contribution is 2.38. The average molecular weight is 424 g/mol. The Hall–Kier alpha value is -2.76. The first kappa shape index (κ1) is 20.0. The van der Waals surface area contributed by atoms with E-state index in [4.69, 9.17) is 4.74 Å². The van der Waals surface area contributed by atoms with Crippen molar-refractivity contribution in [3.8, 4) is 5.75 Å². The molecule has 150 valence electrons. The molecule has 0 unspecified atom stereocenters. The predicted molar refractivity (Wildman–Crippen MR) is 86.8 cm³/mol. The molecule has 3 rings (SSSR count). The van der Waals surface area contributed by atoms with Crippen LogP contribution in [0.2, 0.25) is 0 Å². The number of amidine groups is 1. The molecule has 1 N–H and O–H groups in total. The number of anilines is 1. The van der Waals surface area contributed by atoms with Crippen LogP contribution in [0.4, 0.5) is 32.0 Å². The minimum absolute atomic E-state index is 0.0324. The van der Waals surface area contributed by atoms with Crippen molar-refractivity contribution < 1.29 is 39.5 Å². The second kappa shape index (κ2) is 6.40. The second-order valence-electron chi connectivity index (χ2n) is 5.70. The van der Waals surface area contributed by atoms with Gasteiger partial charge in [-0.1, -0.05) is 0 Å². The van der Waals surface area contributed by atoms with Gasteiger partial charge in [-0.05, 0) is 36.4 Å². The highest BCUT2D eigenvalue weighted by Gasteiger charge is 2.37. The van der Waals surface area contributed by atoms with E-state index in [1.165, 1.54) is 25.3 Å². The molecule has 2 aromatic rings. The van der Waals surface area contributed by atoms with Gasteiger partial charge >= 0.3 is 12.4 Å². The van der Waals surface area contributed by atoms with Gasteiger partial charge < -0.3 is 10.1 Å². The minimum Gasteiger partial charge on any atom is -0.497 e. The molecule has 0 saturated carbocycles. The summed E-state index contributed by atoms with van der Waals surface area (Å²) in [6.45, 7) is 0. The van der Waals surface area contributed by atoms with Gasteiger partial charge in [0.25, 0.3) is 10.0 Å². The number of benzene rings is 2. The fraction of sp³-hybridized carbons (Fsp3) is 0.188. The van der Waals surface area contributed by atoms with Crippen LogP contribution in [0.1, 0.15) is 16.7 Å². The van der Waals surface area contributed by atoms with Crippen LogP contribution in [-0.4, -0.2) is 21.4 Å². The minimum atomic E-state index is -5.04. The summed E-state index contributed by atoms with van der Waals surface area (Å²) in [5.41, 5.74) is -3.74. The fourth-order valence-electron chi connectivity index (χ4n) is 2.52. The van der Waals surface area contributed by atoms with E-state index >= 15 is 0 Å². The third-order valence-electron chi connectivity index (χ3n) is 3.78. The van der Waals surface area contributed by atoms with Crippen LogP contribution in [-0.2, 0) is 22.4 Å². The largest absolute Gasteiger partial charge is 0.497 e. The number of alkyl halides is 6. The Morgan fingerprint density at radius 3 is 2.00 bits per heavy atom. The zero-order chi connectivity index (χ0) is 20.9. The highest BCUT2D eigenvalue weighted by atomic mass is 32.2. The number of nitrogens with one attached hydrogen (secondary N) is 1. The number of hydrogen-bond acceptors (Lipinski definition) is 4. The van der Waals surface area contributed by atoms with Gasteiger partial charge in [0.1, 0.15) is 10.6 Å². The third-order valence-corrected chi connectivity index (χ3v) is 5.12. The normalized spacial score (nSPS) is 15.8. The number of halogens is 6. The van der Waals surface area contributed by atoms with Crippen molar-refractivity contribution >= 4 is 21.5 Å². The molecule has 1 aliphatic heterocycles. The predicted octanol–water partition coefficient (Wildman–Crippen LogP) is 4.29. The summed E-state index contributed by atoms with van der Waals surface area (Å²) in [7, 11) is -2.85. The molecule has 2 aromatic carbocycles. The molecule has 0 radical (unpaired) electrons. The summed E-state index contributed by atoms with van der Waals surface area (Å²) in [5.74, 6) is -0.188. The van der Waals surface area contributed by atoms with Crippen LogP contribution >= 0.6 is 0 Å². The Bertz CT molecular complexity index is 1040. The van der Waals surface area contributed by atoms with Crippen LogP contribution in [0.5, 0.6) is 5.75 Å². The van der Waals surface area contributed by atoms with Crippen LogP contribution in [0.3, 0.4) is 0 Å². The lowest BCUT2D eigenvalue weighted by Gasteiger charge is -2.15. The molecule has 0 spiro atoms. The van der Waals surface area contributed by atoms with Gasteiger partial charge in [-0.15, -0.1) is 4.40 Å². The lowest BCUT2D eigenvalue weighted by molar-refractivity contribution is -0.143. The Morgan fingerprint density at radius 1 is 0.929 bits per heavy atom. The van der Waals surface area contributed by atoms with E-state index in [0.717, 1.165) is 0 Å². The zero-order valence-corrected chi connectivity index (χ0v) is 14.6. The van der Waals surface area contributed by atoms with Crippen LogP contribution in [0, 0.1) is 0 Å². The number of rotatable bonds is 2. The molecule has 0 bridgehead atoms. The summed E-state index contributed by atoms with van der Waals surface area (Å²) in [5, 5.41) is 2.24. The molecule has 0 fully saturated rings. The molecule has 0 atom stereocenters. The van der Waals surface area contributed by atoms with Crippen molar-refractivity contribution in [2.45, 2.75) is 17.2 Å². The first-order chi connectivity index (χ1) is 12.8. The van der Waals surface area contributed by atoms with Gasteiger partial charge in [0.05, 0.1) is 18.2 Å². The number of ether oxygens (including phenoxy) is 1. The highest BCUT2D eigenvalue weighted by molar-refractivity contribution is 7.90. The van der Waals surface area contributed by atoms with Crippen molar-refractivity contribution in [3.05, 3.63) is 53.1 Å². The van der Waals surface area contributed by atoms with Crippen molar-refractivity contribution in [1.29, 1.82) is 0 Å². The Balaban J connectivity index is 2.10. The van der Waals surface area contributed by atoms with Crippen LogP contribution < -0.4 is 10.1 Å². The van der Waals surface area contributed by atoms with E-state index in [2.05, 4.69) is 9.71 Å². The molecular formula is C16H10F6N2O3S. The van der Waals surface area contributed by atoms with E-state index in [1.807, 2.05) is 0 Å². The zero-order valence-electron chi connectivity index (χ0n) is 13.8. The maximum atomic E-state index is 13.0. The first-order valence-corrected chi connectivity index (χ1v) is 8.85. The van der Waals surface area contributed by atoms with Crippen LogP contribution in [0.25, 0.3) is 0 Å². The van der Waals surface area contributed by atoms with Gasteiger partial charge in [-0.25, -0.2) is 0 Å². The molecular weight excluding hydrogens is 414 g/mol. The van der Waals surface area contributed by atoms with E-state index in [0.29, 0.717) is 12.1 Å². The van der Waals surface area contributed by atoms with Gasteiger partial charge in [0.15, 0.2) is 5.84 Å². The van der Waals surface area contributed by atoms with Crippen molar-refractivity contribution in [3.63, 3.8) is 0 Å². The maximum absolute atomic E-state index is 13.0. The monoisotopic (exact) mass is 424 g/mol. The summed E-state index contributed by atoms with van der Waals surface area (Å²) in [6.07, 6.45) is -10.1. The maximum Gasteiger partial charge on any atom is 0.416 e. The smallest absolute Gasteiger partial charge is 0.416 e. The summed E-state index contributed by atoms with van der Waals surface area (Å²) >= 11 is 0. The second-order valence-corrected chi connectivity index (χ2v) is 7.27. The number of hydrogen-bond donors (Lipinski definition) is 1. The van der Waals surface area contributed by atoms with E-state index in [-0.39, 0.29) is 22.3 Å². The fourth-order valence-corrected chi connectivity index (χ4v) is 3.67. The van der Waals surface area contributed by atoms with Crippen LogP contribution in [0.15, 0.2) is 45.7 Å². The lowest BCUT2D eigenvalue weighted by atomic mass is 10.1. The molecule has 0 saturated heterocycles. The van der Waals surface area contributed by atoms with E-state index < -0.39 is 45.0 Å². The molecule has 0 aliphatic carbocycles. The SMILES string of the molecule is COc1ccc2c(c1)C(Nc1cc(C(F)(F)F)cc(C(F)(F)F)c1)=NS2(=O)=O. The Labute approximate surface area is 154 Å². The molecule has 12 heteroatoms. The molecule has 0 amide bonds. The summed E-state index contributed by atoms with van der Waals surface area (Å²) < 4.78 is 110. The standard InChI is InChI=1S/C16H10F6N2O3S/c1-27-11-2-3-13-12(7-11)14(24-28(13,25)26)23-10-5-8(15(17,18)19)4-9(6-10)16(20,21)22/h2-7H,1H3,(H,23,24). The molecule has 0 aromatic heterocycles. The van der Waals surface area contributed by atoms with E-state index in [9.17, 15) is 34.8 Å². The quantitative estimate of drug-likeness (QED) is 0.731. The Kier molecular flexibility index (Phi) is 4.57. The topological polar surface area (TPSA) is 67.8 Å². The third kappa shape index (κ3) is 3.77. The van der Waals surface area contributed by atoms with Crippen molar-refractivity contribution in [1.82, 2.24) is 0 Å². The lowest BCUT2D eigenvalue weighted by Crippen LogP contribution is -2.15. The molecule has 28 heavy (non-hydrogen) atoms. The number of nitrogens with zero attached hydrogens (tertiary/aromatic N) is 1. The number of methoxy groups -OCH3 is 1. The van der Waals surface area contributed by atoms with Crippen molar-refractivity contribution in [2.24, 2.45) is 4.40 Å². The molecule has 1 heterocycles. The van der Waals surface area contributed by atoms with Gasteiger partial charge in [0, 0.05) is 11.3 Å². The van der Waals surface area contributed by atoms with Gasteiger partial charge in [-0.3, -0.25) is 0 Å². The molecule has 1 aliphatic rings.